The van der Waals surface area contributed by atoms with Crippen molar-refractivity contribution < 1.29 is 22.7 Å². The third-order valence-electron chi connectivity index (χ3n) is 3.88. The third-order valence-corrected chi connectivity index (χ3v) is 3.88. The predicted molar refractivity (Wildman–Crippen MR) is 88.9 cm³/mol. The van der Waals surface area contributed by atoms with Gasteiger partial charge in [-0.3, -0.25) is 9.69 Å². The molecule has 134 valence electrons. The van der Waals surface area contributed by atoms with Crippen LogP contribution in [0.2, 0.25) is 0 Å². The zero-order valence-corrected chi connectivity index (χ0v) is 14.1. The minimum atomic E-state index is -0.721. The highest BCUT2D eigenvalue weighted by Gasteiger charge is 2.20. The number of hydrogen-bond acceptors (Lipinski definition) is 3. The van der Waals surface area contributed by atoms with E-state index < -0.39 is 29.4 Å². The first-order valence-electron chi connectivity index (χ1n) is 7.60. The summed E-state index contributed by atoms with van der Waals surface area (Å²) >= 11 is 0. The molecule has 0 fully saturated rings. The maximum absolute atomic E-state index is 13.7. The zero-order chi connectivity index (χ0) is 18.6. The fourth-order valence-electron chi connectivity index (χ4n) is 2.26. The lowest BCUT2D eigenvalue weighted by Crippen LogP contribution is -2.39. The van der Waals surface area contributed by atoms with Gasteiger partial charge >= 0.3 is 0 Å². The van der Waals surface area contributed by atoms with E-state index in [9.17, 15) is 18.0 Å². The number of ether oxygens (including phenoxy) is 1. The van der Waals surface area contributed by atoms with Crippen molar-refractivity contribution in [3.63, 3.8) is 0 Å². The third kappa shape index (κ3) is 4.73. The van der Waals surface area contributed by atoms with E-state index in [4.69, 9.17) is 4.74 Å². The van der Waals surface area contributed by atoms with Crippen LogP contribution in [0.5, 0.6) is 5.75 Å². The van der Waals surface area contributed by atoms with Crippen molar-refractivity contribution in [3.05, 3.63) is 59.4 Å². The highest BCUT2D eigenvalue weighted by Crippen LogP contribution is 2.20. The van der Waals surface area contributed by atoms with Crippen LogP contribution < -0.4 is 10.1 Å². The van der Waals surface area contributed by atoms with E-state index in [2.05, 4.69) is 5.32 Å². The summed E-state index contributed by atoms with van der Waals surface area (Å²) in [5.41, 5.74) is 0.429. The molecule has 2 aromatic carbocycles. The zero-order valence-electron chi connectivity index (χ0n) is 14.1. The molecule has 0 spiro atoms. The molecule has 25 heavy (non-hydrogen) atoms. The molecular formula is C18H19F3N2O2. The molecule has 1 unspecified atom stereocenters. The van der Waals surface area contributed by atoms with E-state index in [0.29, 0.717) is 12.1 Å². The monoisotopic (exact) mass is 352 g/mol. The first-order valence-corrected chi connectivity index (χ1v) is 7.60. The Kier molecular flexibility index (Phi) is 6.03. The van der Waals surface area contributed by atoms with E-state index in [0.717, 1.165) is 18.2 Å². The fourth-order valence-corrected chi connectivity index (χ4v) is 2.26. The Labute approximate surface area is 144 Å². The summed E-state index contributed by atoms with van der Waals surface area (Å²) in [6.45, 7) is 1.91. The highest BCUT2D eigenvalue weighted by molar-refractivity contribution is 5.94. The number of halogens is 3. The van der Waals surface area contributed by atoms with E-state index in [-0.39, 0.29) is 11.4 Å². The molecule has 0 saturated carbocycles. The van der Waals surface area contributed by atoms with E-state index >= 15 is 0 Å². The fraction of sp³-hybridized carbons (Fsp3) is 0.278. The topological polar surface area (TPSA) is 41.6 Å². The van der Waals surface area contributed by atoms with Crippen molar-refractivity contribution in [1.29, 1.82) is 0 Å². The number of carbonyl (C=O) groups excluding carboxylic acids is 1. The van der Waals surface area contributed by atoms with Crippen LogP contribution in [0, 0.1) is 17.5 Å². The molecule has 0 aliphatic rings. The molecule has 0 saturated heterocycles. The van der Waals surface area contributed by atoms with Crippen molar-refractivity contribution in [2.45, 2.75) is 19.5 Å². The molecule has 0 heterocycles. The quantitative estimate of drug-likeness (QED) is 0.864. The summed E-state index contributed by atoms with van der Waals surface area (Å²) in [5, 5.41) is 2.36. The number of nitrogens with one attached hydrogen (secondary N) is 1. The van der Waals surface area contributed by atoms with Crippen LogP contribution in [0.3, 0.4) is 0 Å². The number of carbonyl (C=O) groups is 1. The second-order valence-electron chi connectivity index (χ2n) is 5.67. The Hall–Kier alpha value is -2.54. The van der Waals surface area contributed by atoms with Crippen molar-refractivity contribution in [1.82, 2.24) is 4.90 Å². The molecule has 1 N–H and O–H groups in total. The van der Waals surface area contributed by atoms with Gasteiger partial charge in [0.15, 0.2) is 11.6 Å². The molecule has 0 aromatic heterocycles. The van der Waals surface area contributed by atoms with Gasteiger partial charge in [0.2, 0.25) is 5.91 Å². The summed E-state index contributed by atoms with van der Waals surface area (Å²) in [6.07, 6.45) is 0. The average Bonchev–Trinajstić information content (AvgIpc) is 2.57. The molecule has 0 radical (unpaired) electrons. The highest BCUT2D eigenvalue weighted by atomic mass is 19.1. The van der Waals surface area contributed by atoms with Crippen LogP contribution in [-0.4, -0.2) is 31.0 Å². The molecule has 7 heteroatoms. The molecule has 2 rings (SSSR count). The molecule has 1 amide bonds. The van der Waals surface area contributed by atoms with Gasteiger partial charge < -0.3 is 10.1 Å². The van der Waals surface area contributed by atoms with Gasteiger partial charge in [0.1, 0.15) is 11.6 Å². The summed E-state index contributed by atoms with van der Waals surface area (Å²) in [4.78, 5) is 13.9. The molecular weight excluding hydrogens is 333 g/mol. The maximum Gasteiger partial charge on any atom is 0.241 e. The number of rotatable bonds is 6. The number of nitrogens with zero attached hydrogens (tertiary/aromatic N) is 1. The Morgan fingerprint density at radius 2 is 1.88 bits per heavy atom. The van der Waals surface area contributed by atoms with Gasteiger partial charge in [-0.2, -0.15) is 0 Å². The second-order valence-corrected chi connectivity index (χ2v) is 5.67. The average molecular weight is 352 g/mol. The van der Waals surface area contributed by atoms with Gasteiger partial charge in [0, 0.05) is 12.6 Å². The van der Waals surface area contributed by atoms with Crippen LogP contribution >= 0.6 is 0 Å². The number of likely N-dealkylation sites (N-methyl/N-ethyl adjacent to an activating group) is 1. The largest absolute Gasteiger partial charge is 0.494 e. The Balaban J connectivity index is 2.03. The Bertz CT molecular complexity index is 768. The van der Waals surface area contributed by atoms with Gasteiger partial charge in [-0.25, -0.2) is 13.2 Å². The van der Waals surface area contributed by atoms with Crippen LogP contribution in [-0.2, 0) is 11.3 Å². The summed E-state index contributed by atoms with van der Waals surface area (Å²) in [5.74, 6) is -2.22. The maximum atomic E-state index is 13.7. The van der Waals surface area contributed by atoms with Crippen molar-refractivity contribution in [3.8, 4) is 5.75 Å². The summed E-state index contributed by atoms with van der Waals surface area (Å²) < 4.78 is 45.4. The molecule has 4 nitrogen and oxygen atoms in total. The van der Waals surface area contributed by atoms with Crippen LogP contribution in [0.15, 0.2) is 36.4 Å². The molecule has 0 aliphatic heterocycles. The second kappa shape index (κ2) is 8.02. The number of methoxy groups -OCH3 is 1. The Morgan fingerprint density at radius 3 is 2.52 bits per heavy atom. The molecule has 1 atom stereocenters. The van der Waals surface area contributed by atoms with Crippen LogP contribution in [0.4, 0.5) is 18.9 Å². The van der Waals surface area contributed by atoms with Gasteiger partial charge in [-0.1, -0.05) is 6.07 Å². The summed E-state index contributed by atoms with van der Waals surface area (Å²) in [7, 11) is 3.05. The van der Waals surface area contributed by atoms with Crippen molar-refractivity contribution in [2.24, 2.45) is 0 Å². The SMILES string of the molecule is COc1ccc(CN(C)C(C)C(=O)Nc2cc(F)ccc2F)cc1F. The van der Waals surface area contributed by atoms with Gasteiger partial charge in [0.25, 0.3) is 0 Å². The van der Waals surface area contributed by atoms with E-state index in [1.54, 1.807) is 24.9 Å². The minimum absolute atomic E-state index is 0.138. The lowest BCUT2D eigenvalue weighted by atomic mass is 10.1. The smallest absolute Gasteiger partial charge is 0.241 e. The standard InChI is InChI=1S/C18H19F3N2O2/c1-11(18(24)22-16-9-13(19)5-6-14(16)20)23(2)10-12-4-7-17(25-3)15(21)8-12/h4-9,11H,10H2,1-3H3,(H,22,24). The van der Waals surface area contributed by atoms with Gasteiger partial charge in [-0.15, -0.1) is 0 Å². The number of anilines is 1. The number of hydrogen-bond donors (Lipinski definition) is 1. The Morgan fingerprint density at radius 1 is 1.16 bits per heavy atom. The first-order chi connectivity index (χ1) is 11.8. The van der Waals surface area contributed by atoms with Crippen molar-refractivity contribution >= 4 is 11.6 Å². The van der Waals surface area contributed by atoms with E-state index in [1.807, 2.05) is 0 Å². The van der Waals surface area contributed by atoms with Gasteiger partial charge in [0.05, 0.1) is 18.8 Å². The predicted octanol–water partition coefficient (Wildman–Crippen LogP) is 3.57. The van der Waals surface area contributed by atoms with E-state index in [1.165, 1.54) is 19.2 Å². The lowest BCUT2D eigenvalue weighted by Gasteiger charge is -2.24. The van der Waals surface area contributed by atoms with Crippen LogP contribution in [0.25, 0.3) is 0 Å². The molecule has 0 bridgehead atoms. The number of benzene rings is 2. The minimum Gasteiger partial charge on any atom is -0.494 e. The summed E-state index contributed by atoms with van der Waals surface area (Å²) in [6, 6.07) is 6.71. The molecule has 2 aromatic rings. The number of amides is 1. The normalized spacial score (nSPS) is 12.1. The van der Waals surface area contributed by atoms with Crippen molar-refractivity contribution in [2.75, 3.05) is 19.5 Å². The van der Waals surface area contributed by atoms with Gasteiger partial charge in [-0.05, 0) is 43.8 Å². The molecule has 0 aliphatic carbocycles. The lowest BCUT2D eigenvalue weighted by molar-refractivity contribution is -0.120. The first kappa shape index (κ1) is 18.8. The van der Waals surface area contributed by atoms with Crippen LogP contribution in [0.1, 0.15) is 12.5 Å².